The number of aromatic nitrogens is 3. The number of hydrogen-bond acceptors (Lipinski definition) is 6. The minimum atomic E-state index is 0.737. The van der Waals surface area contributed by atoms with E-state index in [9.17, 15) is 0 Å². The number of rotatable bonds is 3. The lowest BCUT2D eigenvalue weighted by Gasteiger charge is -2.00. The van der Waals surface area contributed by atoms with Crippen LogP contribution in [-0.4, -0.2) is 15.1 Å². The fourth-order valence-electron chi connectivity index (χ4n) is 2.45. The number of aryl methyl sites for hydroxylation is 2. The summed E-state index contributed by atoms with van der Waals surface area (Å²) in [4.78, 5) is 8.73. The van der Waals surface area contributed by atoms with Crippen molar-refractivity contribution < 1.29 is 8.94 Å². The summed E-state index contributed by atoms with van der Waals surface area (Å²) in [6, 6.07) is 7.89. The van der Waals surface area contributed by atoms with Crippen LogP contribution in [0.1, 0.15) is 17.0 Å². The Balaban J connectivity index is 1.76. The molecule has 0 bridgehead atoms. The van der Waals surface area contributed by atoms with Crippen LogP contribution in [0.5, 0.6) is 0 Å². The predicted molar refractivity (Wildman–Crippen MR) is 84.8 cm³/mol. The topological polar surface area (TPSA) is 65.0 Å². The van der Waals surface area contributed by atoms with Gasteiger partial charge in [0.2, 0.25) is 0 Å². The summed E-state index contributed by atoms with van der Waals surface area (Å²) in [5, 5.41) is 5.83. The number of fused-ring (bicyclic) bond motifs is 3. The van der Waals surface area contributed by atoms with E-state index in [4.69, 9.17) is 8.94 Å². The zero-order chi connectivity index (χ0) is 15.1. The van der Waals surface area contributed by atoms with Crippen molar-refractivity contribution in [1.82, 2.24) is 15.1 Å². The molecule has 110 valence electrons. The van der Waals surface area contributed by atoms with Gasteiger partial charge in [-0.2, -0.15) is 0 Å². The number of nitrogens with zero attached hydrogens (tertiary/aromatic N) is 3. The summed E-state index contributed by atoms with van der Waals surface area (Å²) < 4.78 is 11.1. The fraction of sp³-hybridized carbons (Fsp3) is 0.188. The highest BCUT2D eigenvalue weighted by atomic mass is 32.2. The van der Waals surface area contributed by atoms with Crippen molar-refractivity contribution in [2.45, 2.75) is 24.6 Å². The molecule has 0 N–H and O–H groups in total. The van der Waals surface area contributed by atoms with Crippen LogP contribution in [0.15, 0.2) is 44.6 Å². The van der Waals surface area contributed by atoms with Crippen molar-refractivity contribution >= 4 is 33.8 Å². The molecule has 0 aliphatic carbocycles. The van der Waals surface area contributed by atoms with Crippen molar-refractivity contribution in [3.8, 4) is 0 Å². The number of benzene rings is 1. The van der Waals surface area contributed by atoms with Gasteiger partial charge in [0.25, 0.3) is 0 Å². The van der Waals surface area contributed by atoms with Crippen LogP contribution >= 0.6 is 11.8 Å². The minimum Gasteiger partial charge on any atom is -0.451 e. The number of para-hydroxylation sites is 1. The second-order valence-corrected chi connectivity index (χ2v) is 6.01. The zero-order valence-electron chi connectivity index (χ0n) is 12.2. The van der Waals surface area contributed by atoms with Gasteiger partial charge in [-0.1, -0.05) is 29.1 Å². The SMILES string of the molecule is Cc1noc(C)c1CSc1ncnc2c1oc1ccccc12. The van der Waals surface area contributed by atoms with Crippen LogP contribution in [0.3, 0.4) is 0 Å². The van der Waals surface area contributed by atoms with Gasteiger partial charge >= 0.3 is 0 Å². The van der Waals surface area contributed by atoms with E-state index in [-0.39, 0.29) is 0 Å². The number of furan rings is 1. The Kier molecular flexibility index (Phi) is 3.11. The minimum absolute atomic E-state index is 0.737. The van der Waals surface area contributed by atoms with E-state index >= 15 is 0 Å². The maximum atomic E-state index is 5.93. The first kappa shape index (κ1) is 13.3. The molecular formula is C16H13N3O2S. The molecule has 0 unspecified atom stereocenters. The van der Waals surface area contributed by atoms with Crippen molar-refractivity contribution in [2.75, 3.05) is 0 Å². The molecule has 0 saturated heterocycles. The van der Waals surface area contributed by atoms with Gasteiger partial charge in [-0.05, 0) is 26.0 Å². The van der Waals surface area contributed by atoms with Gasteiger partial charge in [0.1, 0.15) is 28.2 Å². The predicted octanol–water partition coefficient (Wildman–Crippen LogP) is 4.27. The first-order valence-corrected chi connectivity index (χ1v) is 7.89. The molecule has 1 aromatic carbocycles. The summed E-state index contributed by atoms with van der Waals surface area (Å²) in [5.41, 5.74) is 4.44. The van der Waals surface area contributed by atoms with Crippen LogP contribution < -0.4 is 0 Å². The van der Waals surface area contributed by atoms with Crippen LogP contribution in [0.2, 0.25) is 0 Å². The molecule has 0 amide bonds. The van der Waals surface area contributed by atoms with Gasteiger partial charge in [-0.3, -0.25) is 0 Å². The molecule has 0 atom stereocenters. The van der Waals surface area contributed by atoms with E-state index in [0.717, 1.165) is 49.9 Å². The van der Waals surface area contributed by atoms with Gasteiger partial charge in [0.15, 0.2) is 5.58 Å². The standard InChI is InChI=1S/C16H13N3O2S/c1-9-12(10(2)21-19-9)7-22-16-15-14(17-8-18-16)11-5-3-4-6-13(11)20-15/h3-6,8H,7H2,1-2H3. The highest BCUT2D eigenvalue weighted by Crippen LogP contribution is 2.34. The van der Waals surface area contributed by atoms with E-state index in [1.807, 2.05) is 38.1 Å². The third-order valence-corrected chi connectivity index (χ3v) is 4.66. The Hall–Kier alpha value is -2.34. The molecule has 4 rings (SSSR count). The lowest BCUT2D eigenvalue weighted by Crippen LogP contribution is -1.88. The quantitative estimate of drug-likeness (QED) is 0.416. The van der Waals surface area contributed by atoms with Gasteiger partial charge < -0.3 is 8.94 Å². The molecule has 5 nitrogen and oxygen atoms in total. The molecular weight excluding hydrogens is 298 g/mol. The molecule has 0 radical (unpaired) electrons. The third-order valence-electron chi connectivity index (χ3n) is 3.66. The lowest BCUT2D eigenvalue weighted by molar-refractivity contribution is 0.392. The van der Waals surface area contributed by atoms with E-state index in [0.29, 0.717) is 0 Å². The number of hydrogen-bond donors (Lipinski definition) is 0. The Morgan fingerprint density at radius 2 is 2.00 bits per heavy atom. The summed E-state index contributed by atoms with van der Waals surface area (Å²) >= 11 is 1.61. The molecule has 0 saturated carbocycles. The first-order chi connectivity index (χ1) is 10.7. The molecule has 0 spiro atoms. The van der Waals surface area contributed by atoms with Crippen molar-refractivity contribution in [2.24, 2.45) is 0 Å². The molecule has 6 heteroatoms. The Morgan fingerprint density at radius 3 is 2.82 bits per heavy atom. The average molecular weight is 311 g/mol. The van der Waals surface area contributed by atoms with Crippen LogP contribution in [0.25, 0.3) is 22.1 Å². The summed E-state index contributed by atoms with van der Waals surface area (Å²) in [5.74, 6) is 1.59. The second kappa shape index (κ2) is 5.14. The lowest BCUT2D eigenvalue weighted by atomic mass is 10.2. The van der Waals surface area contributed by atoms with Gasteiger partial charge in [-0.25, -0.2) is 9.97 Å². The highest BCUT2D eigenvalue weighted by molar-refractivity contribution is 7.98. The zero-order valence-corrected chi connectivity index (χ0v) is 13.0. The normalized spacial score (nSPS) is 11.5. The van der Waals surface area contributed by atoms with Crippen molar-refractivity contribution in [3.05, 3.63) is 47.6 Å². The van der Waals surface area contributed by atoms with Crippen LogP contribution in [0, 0.1) is 13.8 Å². The van der Waals surface area contributed by atoms with E-state index < -0.39 is 0 Å². The monoisotopic (exact) mass is 311 g/mol. The first-order valence-electron chi connectivity index (χ1n) is 6.91. The van der Waals surface area contributed by atoms with Crippen molar-refractivity contribution in [3.63, 3.8) is 0 Å². The van der Waals surface area contributed by atoms with Gasteiger partial charge in [0.05, 0.1) is 5.69 Å². The molecule has 3 heterocycles. The maximum absolute atomic E-state index is 5.93. The second-order valence-electron chi connectivity index (χ2n) is 5.05. The summed E-state index contributed by atoms with van der Waals surface area (Å²) in [7, 11) is 0. The fourth-order valence-corrected chi connectivity index (χ4v) is 3.54. The maximum Gasteiger partial charge on any atom is 0.186 e. The molecule has 22 heavy (non-hydrogen) atoms. The third kappa shape index (κ3) is 2.07. The largest absolute Gasteiger partial charge is 0.451 e. The number of thioether (sulfide) groups is 1. The van der Waals surface area contributed by atoms with Crippen LogP contribution in [-0.2, 0) is 5.75 Å². The van der Waals surface area contributed by atoms with Gasteiger partial charge in [-0.15, -0.1) is 0 Å². The summed E-state index contributed by atoms with van der Waals surface area (Å²) in [6.45, 7) is 3.87. The van der Waals surface area contributed by atoms with E-state index in [1.165, 1.54) is 0 Å². The smallest absolute Gasteiger partial charge is 0.186 e. The average Bonchev–Trinajstić information content (AvgIpc) is 3.07. The molecule has 3 aromatic heterocycles. The summed E-state index contributed by atoms with van der Waals surface area (Å²) in [6.07, 6.45) is 1.58. The van der Waals surface area contributed by atoms with Crippen molar-refractivity contribution in [1.29, 1.82) is 0 Å². The molecule has 0 aliphatic heterocycles. The van der Waals surface area contributed by atoms with E-state index in [1.54, 1.807) is 18.1 Å². The van der Waals surface area contributed by atoms with Gasteiger partial charge in [0, 0.05) is 16.7 Å². The van der Waals surface area contributed by atoms with Crippen LogP contribution in [0.4, 0.5) is 0 Å². The molecule has 0 fully saturated rings. The Labute approximate surface area is 130 Å². The molecule has 0 aliphatic rings. The Bertz CT molecular complexity index is 955. The highest BCUT2D eigenvalue weighted by Gasteiger charge is 2.15. The molecule has 4 aromatic rings. The van der Waals surface area contributed by atoms with E-state index in [2.05, 4.69) is 15.1 Å². The Morgan fingerprint density at radius 1 is 1.14 bits per heavy atom.